The van der Waals surface area contributed by atoms with E-state index in [1.165, 1.54) is 0 Å². The summed E-state index contributed by atoms with van der Waals surface area (Å²) in [5, 5.41) is 11.2. The van der Waals surface area contributed by atoms with Gasteiger partial charge in [0, 0.05) is 13.2 Å². The molecular weight excluding hydrogens is 242 g/mol. The van der Waals surface area contributed by atoms with E-state index in [0.717, 1.165) is 25.7 Å². The van der Waals surface area contributed by atoms with E-state index in [0.29, 0.717) is 19.1 Å². The van der Waals surface area contributed by atoms with E-state index in [-0.39, 0.29) is 12.7 Å². The number of amides is 1. The number of rotatable bonds is 10. The maximum absolute atomic E-state index is 11.2. The van der Waals surface area contributed by atoms with Gasteiger partial charge in [0.25, 0.3) is 0 Å². The average molecular weight is 269 g/mol. The number of hydrogen-bond donors (Lipinski definition) is 2. The summed E-state index contributed by atoms with van der Waals surface area (Å²) in [5.74, 6) is 0.536. The molecule has 4 heteroatoms. The van der Waals surface area contributed by atoms with Crippen LogP contribution in [0.25, 0.3) is 0 Å². The average Bonchev–Trinajstić information content (AvgIpc) is 2.37. The minimum Gasteiger partial charge on any atom is -0.450 e. The highest BCUT2D eigenvalue weighted by atomic mass is 16.5. The molecule has 0 aliphatic carbocycles. The highest BCUT2D eigenvalue weighted by molar-refractivity contribution is 5.67. The number of unbranched alkanes of at least 4 members (excludes halogenated alkanes) is 3. The van der Waals surface area contributed by atoms with Crippen molar-refractivity contribution in [3.05, 3.63) is 24.3 Å². The molecule has 0 aromatic heterocycles. The third-order valence-electron chi connectivity index (χ3n) is 2.39. The highest BCUT2D eigenvalue weighted by Crippen LogP contribution is 1.99. The molecule has 0 radical (unpaired) electrons. The molecule has 0 fully saturated rings. The van der Waals surface area contributed by atoms with Gasteiger partial charge in [-0.25, -0.2) is 4.79 Å². The van der Waals surface area contributed by atoms with Crippen LogP contribution in [0.5, 0.6) is 0 Å². The third kappa shape index (κ3) is 14.7. The predicted octanol–water partition coefficient (Wildman–Crippen LogP) is 3.03. The lowest BCUT2D eigenvalue weighted by molar-refractivity contribution is 0.144. The molecule has 0 saturated carbocycles. The van der Waals surface area contributed by atoms with Crippen LogP contribution in [0.3, 0.4) is 0 Å². The molecule has 0 spiro atoms. The first kappa shape index (κ1) is 17.7. The van der Waals surface area contributed by atoms with Crippen molar-refractivity contribution in [2.24, 2.45) is 5.92 Å². The monoisotopic (exact) mass is 269 g/mol. The van der Waals surface area contributed by atoms with Crippen LogP contribution in [0.4, 0.5) is 4.79 Å². The van der Waals surface area contributed by atoms with E-state index in [1.807, 2.05) is 18.2 Å². The molecule has 0 bridgehead atoms. The van der Waals surface area contributed by atoms with Gasteiger partial charge < -0.3 is 15.2 Å². The Kier molecular flexibility index (Phi) is 12.3. The van der Waals surface area contributed by atoms with Gasteiger partial charge in [-0.1, -0.05) is 44.6 Å². The zero-order chi connectivity index (χ0) is 14.3. The van der Waals surface area contributed by atoms with Crippen LogP contribution in [0.1, 0.15) is 39.5 Å². The molecule has 19 heavy (non-hydrogen) atoms. The number of aliphatic hydroxyl groups excluding tert-OH is 1. The van der Waals surface area contributed by atoms with Crippen LogP contribution < -0.4 is 5.32 Å². The van der Waals surface area contributed by atoms with Crippen LogP contribution in [0.2, 0.25) is 0 Å². The number of hydrogen-bond acceptors (Lipinski definition) is 3. The van der Waals surface area contributed by atoms with Gasteiger partial charge in [-0.15, -0.1) is 0 Å². The maximum Gasteiger partial charge on any atom is 0.407 e. The fraction of sp³-hybridized carbons (Fsp3) is 0.667. The van der Waals surface area contributed by atoms with E-state index >= 15 is 0 Å². The van der Waals surface area contributed by atoms with Crippen molar-refractivity contribution in [3.63, 3.8) is 0 Å². The number of allylic oxidation sites excluding steroid dienone is 3. The number of alkyl carbamates (subject to hydrolysis) is 1. The first-order valence-corrected chi connectivity index (χ1v) is 7.01. The molecule has 110 valence electrons. The number of ether oxygens (including phenoxy) is 1. The van der Waals surface area contributed by atoms with Gasteiger partial charge in [0.15, 0.2) is 0 Å². The van der Waals surface area contributed by atoms with E-state index in [2.05, 4.69) is 25.2 Å². The first-order valence-electron chi connectivity index (χ1n) is 7.01. The Morgan fingerprint density at radius 1 is 1.21 bits per heavy atom. The zero-order valence-electron chi connectivity index (χ0n) is 12.1. The topological polar surface area (TPSA) is 58.6 Å². The highest BCUT2D eigenvalue weighted by Gasteiger charge is 1.98. The zero-order valence-corrected chi connectivity index (χ0v) is 12.1. The Bertz CT molecular complexity index is 273. The maximum atomic E-state index is 11.2. The standard InChI is InChI=1S/C15H27NO3/c1-14(2)10-6-5-7-11-16-15(18)19-13-9-4-3-8-12-17/h5-7,10,14,17H,3-4,8-9,11-13H2,1-2H3,(H,16,18)/b7-5+,10-6+. The quantitative estimate of drug-likeness (QED) is 0.473. The fourth-order valence-electron chi connectivity index (χ4n) is 1.36. The van der Waals surface area contributed by atoms with E-state index in [4.69, 9.17) is 9.84 Å². The van der Waals surface area contributed by atoms with Gasteiger partial charge >= 0.3 is 6.09 Å². The second kappa shape index (κ2) is 13.1. The summed E-state index contributed by atoms with van der Waals surface area (Å²) in [7, 11) is 0. The lowest BCUT2D eigenvalue weighted by Gasteiger charge is -2.04. The van der Waals surface area contributed by atoms with Crippen molar-refractivity contribution in [3.8, 4) is 0 Å². The SMILES string of the molecule is CC(C)/C=C/C=C/CNC(=O)OCCCCCCO. The summed E-state index contributed by atoms with van der Waals surface area (Å²) >= 11 is 0. The van der Waals surface area contributed by atoms with Crippen LogP contribution in [-0.2, 0) is 4.74 Å². The van der Waals surface area contributed by atoms with E-state index < -0.39 is 0 Å². The van der Waals surface area contributed by atoms with Crippen molar-refractivity contribution < 1.29 is 14.6 Å². The molecule has 0 saturated heterocycles. The van der Waals surface area contributed by atoms with Gasteiger partial charge in [0.05, 0.1) is 6.61 Å². The van der Waals surface area contributed by atoms with Crippen LogP contribution in [0.15, 0.2) is 24.3 Å². The lowest BCUT2D eigenvalue weighted by atomic mass is 10.2. The first-order chi connectivity index (χ1) is 9.16. The van der Waals surface area contributed by atoms with Gasteiger partial charge in [0.1, 0.15) is 0 Å². The Balaban J connectivity index is 3.39. The van der Waals surface area contributed by atoms with Gasteiger partial charge in [0.2, 0.25) is 0 Å². The third-order valence-corrected chi connectivity index (χ3v) is 2.39. The summed E-state index contributed by atoms with van der Waals surface area (Å²) in [6.45, 7) is 5.37. The molecule has 0 heterocycles. The number of carbonyl (C=O) groups excluding carboxylic acids is 1. The molecule has 1 amide bonds. The Morgan fingerprint density at radius 2 is 1.95 bits per heavy atom. The molecule has 0 aromatic rings. The smallest absolute Gasteiger partial charge is 0.407 e. The largest absolute Gasteiger partial charge is 0.450 e. The van der Waals surface area contributed by atoms with E-state index in [1.54, 1.807) is 0 Å². The van der Waals surface area contributed by atoms with Crippen molar-refractivity contribution in [1.82, 2.24) is 5.32 Å². The summed E-state index contributed by atoms with van der Waals surface area (Å²) in [5.41, 5.74) is 0. The van der Waals surface area contributed by atoms with Crippen molar-refractivity contribution in [2.75, 3.05) is 19.8 Å². The van der Waals surface area contributed by atoms with Crippen LogP contribution in [0, 0.1) is 5.92 Å². The number of nitrogens with one attached hydrogen (secondary N) is 1. The normalized spacial score (nSPS) is 11.6. The van der Waals surface area contributed by atoms with Crippen LogP contribution >= 0.6 is 0 Å². The molecule has 0 atom stereocenters. The fourth-order valence-corrected chi connectivity index (χ4v) is 1.36. The molecule has 0 aliphatic heterocycles. The molecule has 4 nitrogen and oxygen atoms in total. The molecule has 2 N–H and O–H groups in total. The summed E-state index contributed by atoms with van der Waals surface area (Å²) in [4.78, 5) is 11.2. The van der Waals surface area contributed by atoms with Crippen molar-refractivity contribution in [1.29, 1.82) is 0 Å². The van der Waals surface area contributed by atoms with Crippen LogP contribution in [-0.4, -0.2) is 31.0 Å². The Hall–Kier alpha value is -1.29. The molecular formula is C15H27NO3. The second-order valence-electron chi connectivity index (χ2n) is 4.71. The summed E-state index contributed by atoms with van der Waals surface area (Å²) < 4.78 is 5.00. The minimum atomic E-state index is -0.375. The van der Waals surface area contributed by atoms with Gasteiger partial charge in [-0.2, -0.15) is 0 Å². The Morgan fingerprint density at radius 3 is 2.63 bits per heavy atom. The predicted molar refractivity (Wildman–Crippen MR) is 78.0 cm³/mol. The van der Waals surface area contributed by atoms with E-state index in [9.17, 15) is 4.79 Å². The number of aliphatic hydroxyl groups is 1. The van der Waals surface area contributed by atoms with Crippen molar-refractivity contribution >= 4 is 6.09 Å². The second-order valence-corrected chi connectivity index (χ2v) is 4.71. The number of carbonyl (C=O) groups is 1. The molecule has 0 unspecified atom stereocenters. The van der Waals surface area contributed by atoms with Gasteiger partial charge in [-0.05, 0) is 25.2 Å². The lowest BCUT2D eigenvalue weighted by Crippen LogP contribution is -2.24. The summed E-state index contributed by atoms with van der Waals surface area (Å²) in [6, 6.07) is 0. The van der Waals surface area contributed by atoms with Gasteiger partial charge in [-0.3, -0.25) is 0 Å². The molecule has 0 aliphatic rings. The summed E-state index contributed by atoms with van der Waals surface area (Å²) in [6.07, 6.45) is 11.1. The van der Waals surface area contributed by atoms with Crippen molar-refractivity contribution in [2.45, 2.75) is 39.5 Å². The molecule has 0 rings (SSSR count). The molecule has 0 aromatic carbocycles. The minimum absolute atomic E-state index is 0.235. The Labute approximate surface area is 116 Å².